The predicted octanol–water partition coefficient (Wildman–Crippen LogP) is 7.14. The van der Waals surface area contributed by atoms with Gasteiger partial charge in [0.2, 0.25) is 0 Å². The van der Waals surface area contributed by atoms with Gasteiger partial charge in [-0.3, -0.25) is 9.59 Å². The van der Waals surface area contributed by atoms with Gasteiger partial charge in [0.25, 0.3) is 0 Å². The van der Waals surface area contributed by atoms with E-state index in [9.17, 15) is 9.59 Å². The van der Waals surface area contributed by atoms with Gasteiger partial charge >= 0.3 is 5.97 Å². The highest BCUT2D eigenvalue weighted by molar-refractivity contribution is 5.94. The Morgan fingerprint density at radius 2 is 1.81 bits per heavy atom. The Labute approximate surface area is 196 Å². The van der Waals surface area contributed by atoms with Crippen molar-refractivity contribution < 1.29 is 14.3 Å². The molecule has 0 spiro atoms. The molecule has 4 aliphatic carbocycles. The minimum atomic E-state index is -0.202. The number of esters is 1. The molecular weight excluding hydrogens is 396 g/mol. The Kier molecular flexibility index (Phi) is 6.69. The second-order valence-electron chi connectivity index (χ2n) is 12.7. The first-order valence-corrected chi connectivity index (χ1v) is 13.5. The van der Waals surface area contributed by atoms with Crippen molar-refractivity contribution in [1.29, 1.82) is 0 Å². The fourth-order valence-corrected chi connectivity index (χ4v) is 8.73. The fraction of sp³-hybridized carbons (Fsp3) is 0.862. The minimum Gasteiger partial charge on any atom is -0.462 e. The van der Waals surface area contributed by atoms with E-state index < -0.39 is 0 Å². The number of ketones is 1. The molecule has 3 nitrogen and oxygen atoms in total. The normalized spacial score (nSPS) is 42.0. The third-order valence-corrected chi connectivity index (χ3v) is 10.4. The standard InChI is InChI=1S/C29H46O3/c1-18(2)8-7-9-19(3)23-10-11-24-27-25(13-15-29(23,24)6)28(5)14-12-22(32-20(4)30)16-21(28)17-26(27)31/h17-19,22-25,27H,7-16H2,1-6H3/t19-,22?,23?,24?,25?,27?,28?,29?/m1/s1. The van der Waals surface area contributed by atoms with Crippen molar-refractivity contribution >= 4 is 11.8 Å². The molecule has 3 saturated carbocycles. The van der Waals surface area contributed by atoms with Gasteiger partial charge in [0, 0.05) is 19.3 Å². The summed E-state index contributed by atoms with van der Waals surface area (Å²) >= 11 is 0. The Hall–Kier alpha value is -1.12. The fourth-order valence-electron chi connectivity index (χ4n) is 8.73. The van der Waals surface area contributed by atoms with E-state index in [1.807, 2.05) is 6.08 Å². The summed E-state index contributed by atoms with van der Waals surface area (Å²) in [7, 11) is 0. The summed E-state index contributed by atoms with van der Waals surface area (Å²) in [6.45, 7) is 13.6. The van der Waals surface area contributed by atoms with Gasteiger partial charge in [-0.25, -0.2) is 0 Å². The average molecular weight is 443 g/mol. The zero-order valence-electron chi connectivity index (χ0n) is 21.4. The van der Waals surface area contributed by atoms with Crippen molar-refractivity contribution in [3.8, 4) is 0 Å². The highest BCUT2D eigenvalue weighted by atomic mass is 16.5. The van der Waals surface area contributed by atoms with Gasteiger partial charge in [-0.2, -0.15) is 0 Å². The molecule has 32 heavy (non-hydrogen) atoms. The molecule has 0 bridgehead atoms. The van der Waals surface area contributed by atoms with E-state index in [1.165, 1.54) is 57.4 Å². The van der Waals surface area contributed by atoms with Crippen molar-refractivity contribution in [2.75, 3.05) is 0 Å². The second kappa shape index (κ2) is 8.91. The Morgan fingerprint density at radius 1 is 1.06 bits per heavy atom. The van der Waals surface area contributed by atoms with Crippen LogP contribution in [0.25, 0.3) is 0 Å². The van der Waals surface area contributed by atoms with Crippen LogP contribution in [0, 0.1) is 46.3 Å². The zero-order chi connectivity index (χ0) is 23.3. The van der Waals surface area contributed by atoms with E-state index in [0.717, 1.165) is 37.0 Å². The maximum atomic E-state index is 13.6. The highest BCUT2D eigenvalue weighted by Gasteiger charge is 2.61. The SMILES string of the molecule is CC(=O)OC1CCC2(C)C(=CC(=O)C3C2CCC2(C)C3CCC2[C@H](C)CCCC(C)C)C1. The van der Waals surface area contributed by atoms with Crippen LogP contribution in [0.3, 0.4) is 0 Å². The monoisotopic (exact) mass is 442 g/mol. The molecule has 0 aliphatic heterocycles. The Balaban J connectivity index is 1.52. The molecule has 4 aliphatic rings. The molecule has 0 saturated heterocycles. The Morgan fingerprint density at radius 3 is 2.50 bits per heavy atom. The molecule has 3 heteroatoms. The summed E-state index contributed by atoms with van der Waals surface area (Å²) < 4.78 is 5.54. The molecule has 0 aromatic carbocycles. The van der Waals surface area contributed by atoms with Crippen LogP contribution in [0.4, 0.5) is 0 Å². The summed E-state index contributed by atoms with van der Waals surface area (Å²) in [5.74, 6) is 3.74. The maximum Gasteiger partial charge on any atom is 0.302 e. The van der Waals surface area contributed by atoms with Crippen molar-refractivity contribution in [2.24, 2.45) is 46.3 Å². The van der Waals surface area contributed by atoms with Crippen LogP contribution in [-0.2, 0) is 14.3 Å². The molecule has 8 atom stereocenters. The number of carbonyl (C=O) groups excluding carboxylic acids is 2. The lowest BCUT2D eigenvalue weighted by molar-refractivity contribution is -0.149. The largest absolute Gasteiger partial charge is 0.462 e. The van der Waals surface area contributed by atoms with Gasteiger partial charge in [0.1, 0.15) is 6.10 Å². The quantitative estimate of drug-likeness (QED) is 0.411. The number of ether oxygens (including phenoxy) is 1. The van der Waals surface area contributed by atoms with E-state index in [1.54, 1.807) is 0 Å². The maximum absolute atomic E-state index is 13.6. The third-order valence-electron chi connectivity index (χ3n) is 10.4. The van der Waals surface area contributed by atoms with Crippen LogP contribution in [0.15, 0.2) is 11.6 Å². The van der Waals surface area contributed by atoms with E-state index >= 15 is 0 Å². The number of hydrogen-bond donors (Lipinski definition) is 0. The van der Waals surface area contributed by atoms with Gasteiger partial charge in [0.05, 0.1) is 0 Å². The first-order chi connectivity index (χ1) is 15.1. The molecule has 0 heterocycles. The first-order valence-electron chi connectivity index (χ1n) is 13.5. The molecule has 0 aromatic heterocycles. The molecule has 4 rings (SSSR count). The topological polar surface area (TPSA) is 43.4 Å². The van der Waals surface area contributed by atoms with Crippen molar-refractivity contribution in [2.45, 2.75) is 112 Å². The van der Waals surface area contributed by atoms with Crippen molar-refractivity contribution in [3.05, 3.63) is 11.6 Å². The molecule has 0 aromatic rings. The molecule has 3 fully saturated rings. The number of rotatable bonds is 6. The Bertz CT molecular complexity index is 766. The summed E-state index contributed by atoms with van der Waals surface area (Å²) in [5, 5.41) is 0. The van der Waals surface area contributed by atoms with Gasteiger partial charge in [-0.15, -0.1) is 0 Å². The first kappa shape index (κ1) is 24.0. The minimum absolute atomic E-state index is 0.0485. The van der Waals surface area contributed by atoms with Crippen LogP contribution in [0.1, 0.15) is 106 Å². The third kappa shape index (κ3) is 4.11. The van der Waals surface area contributed by atoms with E-state index in [0.29, 0.717) is 23.0 Å². The summed E-state index contributed by atoms with van der Waals surface area (Å²) in [4.78, 5) is 25.1. The lowest BCUT2D eigenvalue weighted by atomic mass is 9.46. The number of allylic oxidation sites excluding steroid dienone is 1. The van der Waals surface area contributed by atoms with E-state index in [4.69, 9.17) is 4.74 Å². The second-order valence-corrected chi connectivity index (χ2v) is 12.7. The summed E-state index contributed by atoms with van der Waals surface area (Å²) in [6.07, 6.45) is 13.7. The van der Waals surface area contributed by atoms with Crippen LogP contribution in [-0.4, -0.2) is 17.9 Å². The van der Waals surface area contributed by atoms with Crippen molar-refractivity contribution in [1.82, 2.24) is 0 Å². The number of carbonyl (C=O) groups is 2. The lowest BCUT2D eigenvalue weighted by Crippen LogP contribution is -2.53. The van der Waals surface area contributed by atoms with E-state index in [-0.39, 0.29) is 23.4 Å². The molecule has 180 valence electrons. The predicted molar refractivity (Wildman–Crippen MR) is 129 cm³/mol. The van der Waals surface area contributed by atoms with Crippen LogP contribution in [0.5, 0.6) is 0 Å². The zero-order valence-corrected chi connectivity index (χ0v) is 21.4. The lowest BCUT2D eigenvalue weighted by Gasteiger charge is -2.57. The smallest absolute Gasteiger partial charge is 0.302 e. The number of hydrogen-bond acceptors (Lipinski definition) is 3. The number of fused-ring (bicyclic) bond motifs is 5. The van der Waals surface area contributed by atoms with E-state index in [2.05, 4.69) is 34.6 Å². The van der Waals surface area contributed by atoms with Crippen LogP contribution < -0.4 is 0 Å². The van der Waals surface area contributed by atoms with Crippen molar-refractivity contribution in [3.63, 3.8) is 0 Å². The van der Waals surface area contributed by atoms with Gasteiger partial charge in [0.15, 0.2) is 5.78 Å². The molecular formula is C29H46O3. The molecule has 0 N–H and O–H groups in total. The summed E-state index contributed by atoms with van der Waals surface area (Å²) in [5.41, 5.74) is 1.70. The van der Waals surface area contributed by atoms with Crippen LogP contribution in [0.2, 0.25) is 0 Å². The van der Waals surface area contributed by atoms with Gasteiger partial charge in [-0.1, -0.05) is 59.5 Å². The molecule has 0 amide bonds. The summed E-state index contributed by atoms with van der Waals surface area (Å²) in [6, 6.07) is 0. The van der Waals surface area contributed by atoms with Gasteiger partial charge in [-0.05, 0) is 85.0 Å². The molecule has 0 radical (unpaired) electrons. The average Bonchev–Trinajstić information content (AvgIpc) is 3.05. The highest BCUT2D eigenvalue weighted by Crippen LogP contribution is 2.66. The van der Waals surface area contributed by atoms with Crippen LogP contribution >= 0.6 is 0 Å². The molecule has 7 unspecified atom stereocenters. The van der Waals surface area contributed by atoms with Gasteiger partial charge < -0.3 is 4.74 Å².